The van der Waals surface area contributed by atoms with Crippen molar-refractivity contribution in [3.63, 3.8) is 0 Å². The lowest BCUT2D eigenvalue weighted by atomic mass is 10.0. The quantitative estimate of drug-likeness (QED) is 0.529. The van der Waals surface area contributed by atoms with Crippen molar-refractivity contribution >= 4 is 34.5 Å². The van der Waals surface area contributed by atoms with Crippen molar-refractivity contribution < 1.29 is 9.32 Å². The molecule has 8 nitrogen and oxygen atoms in total. The molecule has 0 unspecified atom stereocenters. The molecule has 0 aliphatic carbocycles. The third-order valence-electron chi connectivity index (χ3n) is 4.46. The normalized spacial score (nSPS) is 11.3. The van der Waals surface area contributed by atoms with Crippen LogP contribution in [0.2, 0.25) is 0 Å². The van der Waals surface area contributed by atoms with Gasteiger partial charge >= 0.3 is 0 Å². The second-order valence-corrected chi connectivity index (χ2v) is 8.04. The number of amides is 1. The largest absolute Gasteiger partial charge is 0.336 e. The van der Waals surface area contributed by atoms with E-state index in [9.17, 15) is 4.79 Å². The third-order valence-corrected chi connectivity index (χ3v) is 5.52. The van der Waals surface area contributed by atoms with Crippen LogP contribution in [0, 0.1) is 6.92 Å². The van der Waals surface area contributed by atoms with Crippen molar-refractivity contribution in [1.29, 1.82) is 0 Å². The molecule has 0 saturated carbocycles. The zero-order valence-electron chi connectivity index (χ0n) is 16.5. The Morgan fingerprint density at radius 2 is 2.00 bits per heavy atom. The van der Waals surface area contributed by atoms with E-state index >= 15 is 0 Å². The fourth-order valence-corrected chi connectivity index (χ4v) is 3.63. The maximum Gasteiger partial charge on any atom is 0.259 e. The fourth-order valence-electron chi connectivity index (χ4n) is 2.86. The van der Waals surface area contributed by atoms with Crippen LogP contribution in [-0.2, 0) is 7.05 Å². The van der Waals surface area contributed by atoms with Crippen LogP contribution >= 0.6 is 11.8 Å². The predicted molar refractivity (Wildman–Crippen MR) is 110 cm³/mol. The number of aromatic nitrogens is 5. The van der Waals surface area contributed by atoms with Gasteiger partial charge in [0.05, 0.1) is 16.6 Å². The van der Waals surface area contributed by atoms with Crippen molar-refractivity contribution in [3.05, 3.63) is 53.6 Å². The van der Waals surface area contributed by atoms with Crippen LogP contribution in [0.25, 0.3) is 11.1 Å². The summed E-state index contributed by atoms with van der Waals surface area (Å²) in [5.41, 5.74) is 3.02. The van der Waals surface area contributed by atoms with Gasteiger partial charge in [0, 0.05) is 23.3 Å². The molecule has 0 atom stereocenters. The first kappa shape index (κ1) is 19.1. The van der Waals surface area contributed by atoms with Crippen LogP contribution in [0.5, 0.6) is 0 Å². The van der Waals surface area contributed by atoms with E-state index in [-0.39, 0.29) is 11.8 Å². The maximum atomic E-state index is 13.0. The molecule has 1 amide bonds. The second kappa shape index (κ2) is 7.67. The molecule has 0 fully saturated rings. The van der Waals surface area contributed by atoms with Gasteiger partial charge in [0.2, 0.25) is 0 Å². The number of aryl methyl sites for hydroxylation is 2. The maximum absolute atomic E-state index is 13.0. The highest BCUT2D eigenvalue weighted by atomic mass is 32.2. The van der Waals surface area contributed by atoms with Crippen LogP contribution in [-0.4, -0.2) is 30.8 Å². The van der Waals surface area contributed by atoms with Crippen molar-refractivity contribution in [3.8, 4) is 0 Å². The molecule has 148 valence electrons. The van der Waals surface area contributed by atoms with Crippen molar-refractivity contribution in [1.82, 2.24) is 24.9 Å². The lowest BCUT2D eigenvalue weighted by Crippen LogP contribution is -2.13. The lowest BCUT2D eigenvalue weighted by Gasteiger charge is -2.10. The van der Waals surface area contributed by atoms with Gasteiger partial charge in [-0.1, -0.05) is 19.0 Å². The number of anilines is 1. The Kier molecular flexibility index (Phi) is 5.06. The summed E-state index contributed by atoms with van der Waals surface area (Å²) in [6.45, 7) is 5.84. The number of fused-ring (bicyclic) bond motifs is 1. The van der Waals surface area contributed by atoms with Crippen LogP contribution in [0.3, 0.4) is 0 Å². The summed E-state index contributed by atoms with van der Waals surface area (Å²) in [5.74, 6) is -0.0624. The fraction of sp³-hybridized carbons (Fsp3) is 0.250. The minimum absolute atomic E-state index is 0.160. The van der Waals surface area contributed by atoms with Crippen LogP contribution < -0.4 is 5.32 Å². The summed E-state index contributed by atoms with van der Waals surface area (Å²) in [6, 6.07) is 9.39. The van der Waals surface area contributed by atoms with Gasteiger partial charge in [-0.05, 0) is 54.9 Å². The summed E-state index contributed by atoms with van der Waals surface area (Å²) in [7, 11) is 1.89. The van der Waals surface area contributed by atoms with Crippen LogP contribution in [0.15, 0.2) is 51.2 Å². The number of hydrogen-bond acceptors (Lipinski definition) is 7. The highest BCUT2D eigenvalue weighted by Crippen LogP contribution is 2.28. The first-order valence-electron chi connectivity index (χ1n) is 9.12. The van der Waals surface area contributed by atoms with Gasteiger partial charge in [-0.15, -0.1) is 10.2 Å². The van der Waals surface area contributed by atoms with Gasteiger partial charge < -0.3 is 14.4 Å². The molecule has 29 heavy (non-hydrogen) atoms. The van der Waals surface area contributed by atoms with Gasteiger partial charge in [0.1, 0.15) is 6.33 Å². The predicted octanol–water partition coefficient (Wildman–Crippen LogP) is 4.19. The van der Waals surface area contributed by atoms with E-state index in [1.165, 1.54) is 11.8 Å². The number of carbonyl (C=O) groups is 1. The van der Waals surface area contributed by atoms with Gasteiger partial charge in [-0.3, -0.25) is 4.79 Å². The number of nitrogens with one attached hydrogen (secondary N) is 1. The Bertz CT molecular complexity index is 1180. The van der Waals surface area contributed by atoms with Crippen LogP contribution in [0.4, 0.5) is 5.69 Å². The van der Waals surface area contributed by atoms with Crippen molar-refractivity contribution in [2.24, 2.45) is 7.05 Å². The smallest absolute Gasteiger partial charge is 0.259 e. The number of pyridine rings is 1. The molecule has 0 aliphatic rings. The number of benzene rings is 1. The summed E-state index contributed by atoms with van der Waals surface area (Å²) >= 11 is 1.50. The van der Waals surface area contributed by atoms with E-state index in [1.807, 2.05) is 55.8 Å². The molecule has 3 heterocycles. The molecular formula is C20H20N6O2S. The van der Waals surface area contributed by atoms with Crippen molar-refractivity contribution in [2.75, 3.05) is 5.32 Å². The average Bonchev–Trinajstić information content (AvgIpc) is 3.28. The summed E-state index contributed by atoms with van der Waals surface area (Å²) in [6.07, 6.45) is 1.66. The first-order chi connectivity index (χ1) is 13.9. The molecule has 1 aromatic carbocycles. The number of carbonyl (C=O) groups excluding carboxylic acids is 1. The molecule has 0 spiro atoms. The summed E-state index contributed by atoms with van der Waals surface area (Å²) in [5, 5.41) is 16.3. The van der Waals surface area contributed by atoms with Crippen molar-refractivity contribution in [2.45, 2.75) is 36.7 Å². The van der Waals surface area contributed by atoms with Gasteiger partial charge in [0.25, 0.3) is 11.6 Å². The summed E-state index contributed by atoms with van der Waals surface area (Å²) < 4.78 is 7.15. The number of nitrogens with zero attached hydrogens (tertiary/aromatic N) is 5. The van der Waals surface area contributed by atoms with E-state index in [2.05, 4.69) is 25.7 Å². The Labute approximate surface area is 171 Å². The molecular weight excluding hydrogens is 388 g/mol. The Balaban J connectivity index is 1.58. The molecule has 1 N–H and O–H groups in total. The second-order valence-electron chi connectivity index (χ2n) is 7.00. The standard InChI is InChI=1S/C20H20N6O2S/c1-11(2)16-9-15(17-12(3)25-28-19(17)23-16)18(27)22-13-5-7-14(8-6-13)29-20-24-21-10-26(20)4/h5-11H,1-4H3,(H,22,27). The highest BCUT2D eigenvalue weighted by molar-refractivity contribution is 7.99. The van der Waals surface area contributed by atoms with Gasteiger partial charge in [-0.2, -0.15) is 0 Å². The highest BCUT2D eigenvalue weighted by Gasteiger charge is 2.20. The number of rotatable bonds is 5. The van der Waals surface area contributed by atoms with Gasteiger partial charge in [-0.25, -0.2) is 4.98 Å². The first-order valence-corrected chi connectivity index (χ1v) is 9.94. The van der Waals surface area contributed by atoms with E-state index < -0.39 is 0 Å². The Morgan fingerprint density at radius 1 is 1.24 bits per heavy atom. The SMILES string of the molecule is Cc1noc2nc(C(C)C)cc(C(=O)Nc3ccc(Sc4nncn4C)cc3)c12. The topological polar surface area (TPSA) is 98.7 Å². The molecule has 0 bridgehead atoms. The minimum Gasteiger partial charge on any atom is -0.336 e. The molecule has 0 aliphatic heterocycles. The van der Waals surface area contributed by atoms with E-state index in [0.29, 0.717) is 28.0 Å². The van der Waals surface area contributed by atoms with Gasteiger partial charge in [0.15, 0.2) is 5.16 Å². The third kappa shape index (κ3) is 3.86. The monoisotopic (exact) mass is 408 g/mol. The zero-order chi connectivity index (χ0) is 20.5. The molecule has 3 aromatic heterocycles. The van der Waals surface area contributed by atoms with E-state index in [0.717, 1.165) is 15.7 Å². The van der Waals surface area contributed by atoms with E-state index in [4.69, 9.17) is 4.52 Å². The zero-order valence-corrected chi connectivity index (χ0v) is 17.3. The molecule has 0 radical (unpaired) electrons. The average molecular weight is 408 g/mol. The molecule has 4 aromatic rings. The minimum atomic E-state index is -0.223. The van der Waals surface area contributed by atoms with E-state index in [1.54, 1.807) is 13.3 Å². The molecule has 4 rings (SSSR count). The number of hydrogen-bond donors (Lipinski definition) is 1. The lowest BCUT2D eigenvalue weighted by molar-refractivity contribution is 0.102. The Morgan fingerprint density at radius 3 is 2.66 bits per heavy atom. The van der Waals surface area contributed by atoms with Crippen LogP contribution in [0.1, 0.15) is 41.5 Å². The summed E-state index contributed by atoms with van der Waals surface area (Å²) in [4.78, 5) is 18.5. The molecule has 0 saturated heterocycles. The Hall–Kier alpha value is -3.20. The molecule has 9 heteroatoms.